The molecule has 0 aliphatic rings. The summed E-state index contributed by atoms with van der Waals surface area (Å²) in [5.41, 5.74) is 1.42. The van der Waals surface area contributed by atoms with Gasteiger partial charge in [-0.1, -0.05) is 37.3 Å². The summed E-state index contributed by atoms with van der Waals surface area (Å²) < 4.78 is 1.35. The smallest absolute Gasteiger partial charge is 0.308 e. The van der Waals surface area contributed by atoms with Crippen LogP contribution in [0.5, 0.6) is 0 Å². The molecule has 104 valence electrons. The van der Waals surface area contributed by atoms with Crippen molar-refractivity contribution in [2.24, 2.45) is 0 Å². The number of aryl methyl sites for hydroxylation is 1. The van der Waals surface area contributed by atoms with E-state index in [4.69, 9.17) is 5.11 Å². The Bertz CT molecular complexity index is 663. The second-order valence-corrected chi connectivity index (χ2v) is 4.52. The first-order valence-electron chi connectivity index (χ1n) is 6.50. The fourth-order valence-electron chi connectivity index (χ4n) is 2.00. The number of hydrogen-bond donors (Lipinski definition) is 1. The quantitative estimate of drug-likeness (QED) is 0.903. The van der Waals surface area contributed by atoms with Crippen LogP contribution < -0.4 is 5.56 Å². The summed E-state index contributed by atoms with van der Waals surface area (Å²) in [6.45, 7) is 2.42. The normalized spacial score (nSPS) is 10.4. The fourth-order valence-corrected chi connectivity index (χ4v) is 2.00. The predicted molar refractivity (Wildman–Crippen MR) is 75.6 cm³/mol. The van der Waals surface area contributed by atoms with Crippen LogP contribution in [0.4, 0.5) is 0 Å². The van der Waals surface area contributed by atoms with Crippen LogP contribution >= 0.6 is 0 Å². The van der Waals surface area contributed by atoms with Crippen molar-refractivity contribution in [2.75, 3.05) is 0 Å². The highest BCUT2D eigenvalue weighted by Gasteiger charge is 2.12. The average molecular weight is 272 g/mol. The van der Waals surface area contributed by atoms with E-state index < -0.39 is 5.97 Å². The van der Waals surface area contributed by atoms with Gasteiger partial charge < -0.3 is 5.11 Å². The number of benzene rings is 1. The third-order valence-electron chi connectivity index (χ3n) is 2.90. The molecule has 0 saturated carbocycles. The van der Waals surface area contributed by atoms with Crippen LogP contribution in [-0.4, -0.2) is 20.9 Å². The van der Waals surface area contributed by atoms with E-state index in [1.165, 1.54) is 4.68 Å². The molecule has 0 bridgehead atoms. The molecule has 0 fully saturated rings. The Morgan fingerprint density at radius 2 is 2.00 bits per heavy atom. The van der Waals surface area contributed by atoms with Gasteiger partial charge in [-0.15, -0.1) is 0 Å². The standard InChI is InChI=1S/C15H16N2O3/c1-2-8-17-15(20)12(10-14(18)19)9-13(16-17)11-6-4-3-5-7-11/h3-7,9H,2,8,10H2,1H3,(H,18,19). The first-order chi connectivity index (χ1) is 9.61. The van der Waals surface area contributed by atoms with Crippen LogP contribution in [0.2, 0.25) is 0 Å². The summed E-state index contributed by atoms with van der Waals surface area (Å²) in [4.78, 5) is 23.0. The van der Waals surface area contributed by atoms with Gasteiger partial charge >= 0.3 is 5.97 Å². The van der Waals surface area contributed by atoms with Crippen LogP contribution in [-0.2, 0) is 17.8 Å². The fraction of sp³-hybridized carbons (Fsp3) is 0.267. The zero-order valence-corrected chi connectivity index (χ0v) is 11.2. The lowest BCUT2D eigenvalue weighted by Crippen LogP contribution is -2.28. The molecule has 1 aromatic heterocycles. The maximum atomic E-state index is 12.1. The van der Waals surface area contributed by atoms with Crippen LogP contribution in [0, 0.1) is 0 Å². The van der Waals surface area contributed by atoms with Crippen molar-refractivity contribution in [2.45, 2.75) is 26.3 Å². The maximum absolute atomic E-state index is 12.1. The largest absolute Gasteiger partial charge is 0.481 e. The van der Waals surface area contributed by atoms with Crippen molar-refractivity contribution in [1.29, 1.82) is 0 Å². The van der Waals surface area contributed by atoms with Gasteiger partial charge in [0.1, 0.15) is 0 Å². The van der Waals surface area contributed by atoms with Crippen molar-refractivity contribution < 1.29 is 9.90 Å². The molecular formula is C15H16N2O3. The highest BCUT2D eigenvalue weighted by Crippen LogP contribution is 2.16. The summed E-state index contributed by atoms with van der Waals surface area (Å²) in [5.74, 6) is -1.02. The van der Waals surface area contributed by atoms with E-state index in [0.29, 0.717) is 12.2 Å². The van der Waals surface area contributed by atoms with Crippen molar-refractivity contribution in [1.82, 2.24) is 9.78 Å². The molecule has 0 saturated heterocycles. The molecular weight excluding hydrogens is 256 g/mol. The zero-order chi connectivity index (χ0) is 14.5. The minimum Gasteiger partial charge on any atom is -0.481 e. The molecule has 1 aromatic carbocycles. The number of carboxylic acids is 1. The molecule has 1 N–H and O–H groups in total. The number of carbonyl (C=O) groups is 1. The van der Waals surface area contributed by atoms with Gasteiger partial charge in [-0.2, -0.15) is 5.10 Å². The van der Waals surface area contributed by atoms with Gasteiger partial charge in [0.15, 0.2) is 0 Å². The third-order valence-corrected chi connectivity index (χ3v) is 2.90. The summed E-state index contributed by atoms with van der Waals surface area (Å²) in [7, 11) is 0. The number of aliphatic carboxylic acids is 1. The molecule has 0 spiro atoms. The summed E-state index contributed by atoms with van der Waals surface area (Å²) in [6, 6.07) is 11.0. The van der Waals surface area contributed by atoms with Gasteiger partial charge in [-0.05, 0) is 12.5 Å². The van der Waals surface area contributed by atoms with E-state index in [1.54, 1.807) is 6.07 Å². The Hall–Kier alpha value is -2.43. The highest BCUT2D eigenvalue weighted by molar-refractivity contribution is 5.71. The second kappa shape index (κ2) is 6.14. The molecule has 0 aliphatic carbocycles. The molecule has 20 heavy (non-hydrogen) atoms. The lowest BCUT2D eigenvalue weighted by Gasteiger charge is -2.09. The van der Waals surface area contributed by atoms with Crippen molar-refractivity contribution >= 4 is 5.97 Å². The molecule has 2 aromatic rings. The van der Waals surface area contributed by atoms with Gasteiger partial charge in [-0.3, -0.25) is 9.59 Å². The first-order valence-corrected chi connectivity index (χ1v) is 6.50. The van der Waals surface area contributed by atoms with Crippen LogP contribution in [0.1, 0.15) is 18.9 Å². The number of hydrogen-bond acceptors (Lipinski definition) is 3. The Balaban J connectivity index is 2.55. The predicted octanol–water partition coefficient (Wildman–Crippen LogP) is 1.95. The number of carboxylic acid groups (broad SMARTS) is 1. The molecule has 0 aliphatic heterocycles. The van der Waals surface area contributed by atoms with Crippen molar-refractivity contribution in [3.63, 3.8) is 0 Å². The number of rotatable bonds is 5. The second-order valence-electron chi connectivity index (χ2n) is 4.52. The Kier molecular flexibility index (Phi) is 4.30. The van der Waals surface area contributed by atoms with Gasteiger partial charge in [0.2, 0.25) is 0 Å². The van der Waals surface area contributed by atoms with Gasteiger partial charge in [-0.25, -0.2) is 4.68 Å². The third kappa shape index (κ3) is 3.12. The average Bonchev–Trinajstić information content (AvgIpc) is 2.44. The van der Waals surface area contributed by atoms with E-state index in [9.17, 15) is 9.59 Å². The van der Waals surface area contributed by atoms with Gasteiger partial charge in [0, 0.05) is 17.7 Å². The Morgan fingerprint density at radius 3 is 2.60 bits per heavy atom. The minimum atomic E-state index is -1.02. The van der Waals surface area contributed by atoms with Crippen molar-refractivity contribution in [3.8, 4) is 11.3 Å². The molecule has 2 rings (SSSR count). The summed E-state index contributed by atoms with van der Waals surface area (Å²) in [6.07, 6.45) is 0.475. The van der Waals surface area contributed by atoms with Crippen LogP contribution in [0.15, 0.2) is 41.2 Å². The molecule has 0 amide bonds. The maximum Gasteiger partial charge on any atom is 0.308 e. The van der Waals surface area contributed by atoms with Crippen molar-refractivity contribution in [3.05, 3.63) is 52.3 Å². The number of nitrogens with zero attached hydrogens (tertiary/aromatic N) is 2. The zero-order valence-electron chi connectivity index (χ0n) is 11.2. The van der Waals surface area contributed by atoms with E-state index in [2.05, 4.69) is 5.10 Å². The Morgan fingerprint density at radius 1 is 1.30 bits per heavy atom. The summed E-state index contributed by atoms with van der Waals surface area (Å²) in [5, 5.41) is 13.2. The molecule has 5 heteroatoms. The van der Waals surface area contributed by atoms with E-state index in [1.807, 2.05) is 37.3 Å². The first kappa shape index (κ1) is 14.0. The van der Waals surface area contributed by atoms with Gasteiger partial charge in [0.05, 0.1) is 12.1 Å². The molecule has 0 unspecified atom stereocenters. The molecule has 0 atom stereocenters. The Labute approximate surface area is 116 Å². The van der Waals surface area contributed by atoms with E-state index in [0.717, 1.165) is 12.0 Å². The molecule has 1 heterocycles. The summed E-state index contributed by atoms with van der Waals surface area (Å²) >= 11 is 0. The van der Waals surface area contributed by atoms with E-state index >= 15 is 0 Å². The number of aromatic nitrogens is 2. The lowest BCUT2D eigenvalue weighted by molar-refractivity contribution is -0.136. The molecule has 0 radical (unpaired) electrons. The topological polar surface area (TPSA) is 72.2 Å². The SMILES string of the molecule is CCCn1nc(-c2ccccc2)cc(CC(=O)O)c1=O. The minimum absolute atomic E-state index is 0.264. The van der Waals surface area contributed by atoms with E-state index in [-0.39, 0.29) is 17.5 Å². The van der Waals surface area contributed by atoms with Crippen LogP contribution in [0.25, 0.3) is 11.3 Å². The van der Waals surface area contributed by atoms with Crippen LogP contribution in [0.3, 0.4) is 0 Å². The molecule has 5 nitrogen and oxygen atoms in total. The monoisotopic (exact) mass is 272 g/mol. The lowest BCUT2D eigenvalue weighted by atomic mass is 10.1. The highest BCUT2D eigenvalue weighted by atomic mass is 16.4. The van der Waals surface area contributed by atoms with Gasteiger partial charge in [0.25, 0.3) is 5.56 Å².